The molecule has 1 aromatic rings. The number of rotatable bonds is 6. The van der Waals surface area contributed by atoms with E-state index in [0.29, 0.717) is 18.2 Å². The van der Waals surface area contributed by atoms with Crippen LogP contribution in [0.25, 0.3) is 0 Å². The second kappa shape index (κ2) is 8.07. The maximum Gasteiger partial charge on any atom is 0.322 e. The Hall–Kier alpha value is -1.47. The predicted molar refractivity (Wildman–Crippen MR) is 100 cm³/mol. The van der Waals surface area contributed by atoms with Crippen LogP contribution in [0.1, 0.15) is 20.3 Å². The number of amides is 2. The van der Waals surface area contributed by atoms with Gasteiger partial charge in [0.1, 0.15) is 0 Å². The number of urea groups is 1. The number of carbonyl (C=O) groups excluding carboxylic acids is 1. The van der Waals surface area contributed by atoms with E-state index in [1.54, 1.807) is 22.7 Å². The number of nitrogens with zero attached hydrogens (tertiary/aromatic N) is 1. The largest absolute Gasteiger partial charge is 0.322 e. The first kappa shape index (κ1) is 18.9. The summed E-state index contributed by atoms with van der Waals surface area (Å²) in [7, 11) is -3.05. The molecular weight excluding hydrogens is 344 g/mol. The monoisotopic (exact) mass is 368 g/mol. The van der Waals surface area contributed by atoms with Crippen LogP contribution in [0.4, 0.5) is 10.5 Å². The van der Waals surface area contributed by atoms with Crippen LogP contribution in [0.5, 0.6) is 0 Å². The number of thioether (sulfide) groups is 1. The van der Waals surface area contributed by atoms with Crippen LogP contribution in [-0.4, -0.2) is 48.7 Å². The van der Waals surface area contributed by atoms with E-state index in [1.165, 1.54) is 0 Å². The second-order valence-corrected chi connectivity index (χ2v) is 9.94. The van der Waals surface area contributed by atoms with Crippen LogP contribution in [0.3, 0.4) is 0 Å². The van der Waals surface area contributed by atoms with Crippen LogP contribution in [0, 0.1) is 0 Å². The van der Waals surface area contributed by atoms with E-state index in [9.17, 15) is 13.2 Å². The Bertz CT molecular complexity index is 702. The SMILES string of the molecule is C=CCN(C(=O)Nc1ccccc1SC(C)C)C1CCS(=O)(=O)C1. The van der Waals surface area contributed by atoms with Crippen molar-refractivity contribution in [1.29, 1.82) is 0 Å². The highest BCUT2D eigenvalue weighted by atomic mass is 32.2. The summed E-state index contributed by atoms with van der Waals surface area (Å²) in [6.45, 7) is 8.19. The van der Waals surface area contributed by atoms with E-state index in [1.807, 2.05) is 24.3 Å². The van der Waals surface area contributed by atoms with E-state index in [0.717, 1.165) is 10.6 Å². The third-order valence-corrected chi connectivity index (χ3v) is 6.56. The van der Waals surface area contributed by atoms with Gasteiger partial charge >= 0.3 is 6.03 Å². The van der Waals surface area contributed by atoms with E-state index < -0.39 is 9.84 Å². The van der Waals surface area contributed by atoms with Gasteiger partial charge in [0.25, 0.3) is 0 Å². The number of carbonyl (C=O) groups is 1. The molecule has 24 heavy (non-hydrogen) atoms. The van der Waals surface area contributed by atoms with Crippen LogP contribution >= 0.6 is 11.8 Å². The lowest BCUT2D eigenvalue weighted by atomic mass is 10.2. The molecule has 0 spiro atoms. The number of anilines is 1. The third-order valence-electron chi connectivity index (χ3n) is 3.73. The number of nitrogens with one attached hydrogen (secondary N) is 1. The summed E-state index contributed by atoms with van der Waals surface area (Å²) in [5.41, 5.74) is 0.746. The number of hydrogen-bond donors (Lipinski definition) is 1. The fraction of sp³-hybridized carbons (Fsp3) is 0.471. The number of sulfone groups is 1. The summed E-state index contributed by atoms with van der Waals surface area (Å²) in [6, 6.07) is 7.06. The van der Waals surface area contributed by atoms with Gasteiger partial charge in [0.2, 0.25) is 0 Å². The molecule has 0 aliphatic carbocycles. The molecule has 0 bridgehead atoms. The molecule has 1 unspecified atom stereocenters. The Morgan fingerprint density at radius 1 is 1.46 bits per heavy atom. The van der Waals surface area contributed by atoms with Gasteiger partial charge < -0.3 is 10.2 Å². The fourth-order valence-electron chi connectivity index (χ4n) is 2.67. The van der Waals surface area contributed by atoms with Crippen molar-refractivity contribution in [1.82, 2.24) is 4.90 Å². The lowest BCUT2D eigenvalue weighted by Crippen LogP contribution is -2.43. The minimum absolute atomic E-state index is 0.0245. The van der Waals surface area contributed by atoms with E-state index >= 15 is 0 Å². The van der Waals surface area contributed by atoms with Gasteiger partial charge in [-0.2, -0.15) is 0 Å². The molecule has 1 heterocycles. The highest BCUT2D eigenvalue weighted by molar-refractivity contribution is 8.00. The average molecular weight is 369 g/mol. The predicted octanol–water partition coefficient (Wildman–Crippen LogP) is 3.39. The smallest absolute Gasteiger partial charge is 0.317 e. The molecule has 0 aromatic heterocycles. The zero-order valence-corrected chi connectivity index (χ0v) is 15.7. The topological polar surface area (TPSA) is 66.5 Å². The Morgan fingerprint density at radius 2 is 2.17 bits per heavy atom. The third kappa shape index (κ3) is 5.01. The lowest BCUT2D eigenvalue weighted by molar-refractivity contribution is 0.201. The van der Waals surface area contributed by atoms with Gasteiger partial charge in [-0.25, -0.2) is 13.2 Å². The Kier molecular flexibility index (Phi) is 6.34. The van der Waals surface area contributed by atoms with Crippen molar-refractivity contribution in [2.75, 3.05) is 23.4 Å². The average Bonchev–Trinajstić information content (AvgIpc) is 2.86. The van der Waals surface area contributed by atoms with E-state index in [2.05, 4.69) is 25.7 Å². The molecule has 1 aliphatic rings. The summed E-state index contributed by atoms with van der Waals surface area (Å²) >= 11 is 1.67. The van der Waals surface area contributed by atoms with Crippen molar-refractivity contribution in [3.63, 3.8) is 0 Å². The van der Waals surface area contributed by atoms with E-state index in [4.69, 9.17) is 0 Å². The van der Waals surface area contributed by atoms with Gasteiger partial charge in [-0.3, -0.25) is 0 Å². The normalized spacial score (nSPS) is 19.2. The summed E-state index contributed by atoms with van der Waals surface area (Å²) < 4.78 is 23.4. The minimum atomic E-state index is -3.05. The Balaban J connectivity index is 2.15. The molecule has 1 N–H and O–H groups in total. The molecule has 1 saturated heterocycles. The summed E-state index contributed by atoms with van der Waals surface area (Å²) in [5, 5.41) is 3.32. The van der Waals surface area contributed by atoms with Crippen LogP contribution in [0.2, 0.25) is 0 Å². The van der Waals surface area contributed by atoms with Crippen molar-refractivity contribution in [3.05, 3.63) is 36.9 Å². The summed E-state index contributed by atoms with van der Waals surface area (Å²) in [4.78, 5) is 15.3. The van der Waals surface area contributed by atoms with Crippen molar-refractivity contribution >= 4 is 33.3 Å². The van der Waals surface area contributed by atoms with Gasteiger partial charge in [0.15, 0.2) is 9.84 Å². The summed E-state index contributed by atoms with van der Waals surface area (Å²) in [6.07, 6.45) is 2.10. The molecule has 1 aliphatic heterocycles. The molecule has 1 aromatic carbocycles. The first-order valence-corrected chi connectivity index (χ1v) is 10.7. The standard InChI is InChI=1S/C17H24N2O3S2/c1-4-10-19(14-9-11-24(21,22)12-14)17(20)18-15-7-5-6-8-16(15)23-13(2)3/h4-8,13-14H,1,9-12H2,2-3H3,(H,18,20). The fourth-order valence-corrected chi connectivity index (χ4v) is 5.31. The quantitative estimate of drug-likeness (QED) is 0.617. The zero-order chi connectivity index (χ0) is 17.7. The molecule has 132 valence electrons. The number of para-hydroxylation sites is 1. The molecule has 5 nitrogen and oxygen atoms in total. The number of benzene rings is 1. The molecule has 1 fully saturated rings. The first-order chi connectivity index (χ1) is 11.3. The van der Waals surface area contributed by atoms with Gasteiger partial charge in [-0.1, -0.05) is 32.1 Å². The highest BCUT2D eigenvalue weighted by Gasteiger charge is 2.34. The van der Waals surface area contributed by atoms with Gasteiger partial charge in [0.05, 0.1) is 17.2 Å². The Morgan fingerprint density at radius 3 is 2.75 bits per heavy atom. The minimum Gasteiger partial charge on any atom is -0.317 e. The maximum absolute atomic E-state index is 12.7. The van der Waals surface area contributed by atoms with Crippen LogP contribution < -0.4 is 5.32 Å². The summed E-state index contributed by atoms with van der Waals surface area (Å²) in [5.74, 6) is 0.162. The van der Waals surface area contributed by atoms with Gasteiger partial charge in [-0.05, 0) is 18.6 Å². The van der Waals surface area contributed by atoms with E-state index in [-0.39, 0.29) is 23.6 Å². The molecule has 0 radical (unpaired) electrons. The molecule has 7 heteroatoms. The van der Waals surface area contributed by atoms with Crippen molar-refractivity contribution < 1.29 is 13.2 Å². The molecule has 2 rings (SSSR count). The maximum atomic E-state index is 12.7. The molecule has 2 amide bonds. The number of hydrogen-bond acceptors (Lipinski definition) is 4. The van der Waals surface area contributed by atoms with Crippen molar-refractivity contribution in [2.45, 2.75) is 36.5 Å². The lowest BCUT2D eigenvalue weighted by Gasteiger charge is -2.27. The second-order valence-electron chi connectivity index (χ2n) is 6.09. The highest BCUT2D eigenvalue weighted by Crippen LogP contribution is 2.30. The van der Waals surface area contributed by atoms with Gasteiger partial charge in [-0.15, -0.1) is 18.3 Å². The zero-order valence-electron chi connectivity index (χ0n) is 14.1. The van der Waals surface area contributed by atoms with Crippen molar-refractivity contribution in [2.24, 2.45) is 0 Å². The molecule has 0 saturated carbocycles. The molecule has 1 atom stereocenters. The van der Waals surface area contributed by atoms with Gasteiger partial charge in [0, 0.05) is 22.7 Å². The first-order valence-electron chi connectivity index (χ1n) is 7.97. The van der Waals surface area contributed by atoms with Crippen LogP contribution in [-0.2, 0) is 9.84 Å². The van der Waals surface area contributed by atoms with Crippen molar-refractivity contribution in [3.8, 4) is 0 Å². The van der Waals surface area contributed by atoms with Crippen LogP contribution in [0.15, 0.2) is 41.8 Å². The molecular formula is C17H24N2O3S2. The Labute approximate surface area is 148 Å².